The molecule has 128 valence electrons. The monoisotopic (exact) mass is 365 g/mol. The van der Waals surface area contributed by atoms with Crippen LogP contribution in [0, 0.1) is 0 Å². The van der Waals surface area contributed by atoms with E-state index in [2.05, 4.69) is 30.2 Å². The van der Waals surface area contributed by atoms with Gasteiger partial charge < -0.3 is 22.0 Å². The molecule has 0 aliphatic carbocycles. The molecule has 0 saturated heterocycles. The Labute approximate surface area is 140 Å². The van der Waals surface area contributed by atoms with Crippen LogP contribution < -0.4 is 0 Å². The molecule has 5 nitrogen and oxygen atoms in total. The average Bonchev–Trinajstić information content (AvgIpc) is 2.47. The van der Waals surface area contributed by atoms with E-state index in [0.29, 0.717) is 19.8 Å². The van der Waals surface area contributed by atoms with Gasteiger partial charge in [-0.15, -0.1) is 0 Å². The van der Waals surface area contributed by atoms with Crippen molar-refractivity contribution in [2.45, 2.75) is 33.2 Å². The molecule has 1 aromatic rings. The highest BCUT2D eigenvalue weighted by molar-refractivity contribution is 8.18. The Kier molecular flexibility index (Phi) is 11.9. The van der Waals surface area contributed by atoms with Crippen LogP contribution in [0.5, 0.6) is 0 Å². The van der Waals surface area contributed by atoms with Crippen molar-refractivity contribution in [2.24, 2.45) is 0 Å². The van der Waals surface area contributed by atoms with E-state index in [1.165, 1.54) is 5.56 Å². The van der Waals surface area contributed by atoms with Gasteiger partial charge in [-0.3, -0.25) is 0 Å². The molecule has 8 heteroatoms. The van der Waals surface area contributed by atoms with Crippen LogP contribution in [0.25, 0.3) is 0 Å². The maximum absolute atomic E-state index is 8.93. The van der Waals surface area contributed by atoms with E-state index in [1.54, 1.807) is 0 Å². The third-order valence-electron chi connectivity index (χ3n) is 2.87. The fourth-order valence-corrected chi connectivity index (χ4v) is 4.86. The smallest absolute Gasteiger partial charge is 0.459 e. The topological polar surface area (TPSA) is 65.0 Å². The molecule has 1 aromatic carbocycles. The van der Waals surface area contributed by atoms with Crippen molar-refractivity contribution in [1.29, 1.82) is 0 Å². The van der Waals surface area contributed by atoms with Crippen molar-refractivity contribution >= 4 is 29.6 Å². The van der Waals surface area contributed by atoms with Crippen LogP contribution in [0.1, 0.15) is 38.8 Å². The highest BCUT2D eigenvalue weighted by Gasteiger charge is 2.47. The Balaban J connectivity index is 0.000000980. The molecule has 0 radical (unpaired) electrons. The molecule has 0 saturated carbocycles. The van der Waals surface area contributed by atoms with Crippen molar-refractivity contribution in [3.63, 3.8) is 0 Å². The van der Waals surface area contributed by atoms with Gasteiger partial charge in [-0.2, -0.15) is 0 Å². The summed E-state index contributed by atoms with van der Waals surface area (Å²) in [4.78, 5) is 0. The lowest BCUT2D eigenvalue weighted by Gasteiger charge is -2.33. The minimum atomic E-state index is -2.64. The van der Waals surface area contributed by atoms with E-state index < -0.39 is 18.4 Å². The van der Waals surface area contributed by atoms with Crippen LogP contribution in [0.4, 0.5) is 0 Å². The molecule has 0 heterocycles. The molecule has 0 fully saturated rings. The summed E-state index contributed by atoms with van der Waals surface area (Å²) in [5, 5.41) is 0. The second-order valence-electron chi connectivity index (χ2n) is 4.25. The summed E-state index contributed by atoms with van der Waals surface area (Å²) in [6.45, 7) is 9.92. The van der Waals surface area contributed by atoms with Gasteiger partial charge in [-0.25, -0.2) is 11.2 Å². The maximum Gasteiger partial charge on any atom is 0.508 e. The Morgan fingerprint density at radius 3 is 1.77 bits per heavy atom. The minimum absolute atomic E-state index is 0.151. The number of rotatable bonds is 8. The van der Waals surface area contributed by atoms with Gasteiger partial charge >= 0.3 is 8.80 Å². The molecule has 0 bridgehead atoms. The van der Waals surface area contributed by atoms with Crippen LogP contribution >= 0.6 is 0 Å². The lowest BCUT2D eigenvalue weighted by molar-refractivity contribution is 0.0633. The number of hydrogen-bond donors (Lipinski definition) is 1. The van der Waals surface area contributed by atoms with Crippen LogP contribution in [-0.2, 0) is 38.3 Å². The van der Waals surface area contributed by atoms with Gasteiger partial charge in [0.1, 0.15) is 0 Å². The zero-order valence-corrected chi connectivity index (χ0v) is 16.1. The van der Waals surface area contributed by atoms with Gasteiger partial charge in [0.15, 0.2) is 0 Å². The lowest BCUT2D eigenvalue weighted by atomic mass is 10.2. The normalized spacial score (nSPS) is 12.6. The first-order valence-corrected chi connectivity index (χ1v) is 11.0. The molecule has 1 unspecified atom stereocenters. The van der Waals surface area contributed by atoms with Crippen LogP contribution in [0.15, 0.2) is 30.3 Å². The van der Waals surface area contributed by atoms with Gasteiger partial charge in [0.2, 0.25) is 0 Å². The third-order valence-corrected chi connectivity index (χ3v) is 6.33. The van der Waals surface area contributed by atoms with E-state index in [0.717, 1.165) is 0 Å². The molecule has 0 amide bonds. The van der Waals surface area contributed by atoms with Crippen molar-refractivity contribution in [3.05, 3.63) is 35.9 Å². The fourth-order valence-electron chi connectivity index (χ4n) is 2.05. The Morgan fingerprint density at radius 1 is 1.09 bits per heavy atom. The first-order valence-electron chi connectivity index (χ1n) is 7.18. The molecule has 0 aliphatic rings. The first kappa shape index (κ1) is 21.6. The average molecular weight is 366 g/mol. The zero-order chi connectivity index (χ0) is 17.0. The molecule has 0 spiro atoms. The minimum Gasteiger partial charge on any atom is -0.459 e. The molecule has 1 rings (SSSR count). The Morgan fingerprint density at radius 2 is 1.45 bits per heavy atom. The van der Waals surface area contributed by atoms with E-state index in [4.69, 9.17) is 22.0 Å². The van der Waals surface area contributed by atoms with Crippen molar-refractivity contribution in [1.82, 2.24) is 0 Å². The number of hydrogen-bond acceptors (Lipinski definition) is 6. The quantitative estimate of drug-likeness (QED) is 0.433. The summed E-state index contributed by atoms with van der Waals surface area (Å²) < 4.78 is 34.0. The Bertz CT molecular complexity index is 443. The summed E-state index contributed by atoms with van der Waals surface area (Å²) in [5.74, 6) is 0. The maximum atomic E-state index is 8.93. The second kappa shape index (κ2) is 12.1. The van der Waals surface area contributed by atoms with Crippen LogP contribution in [0.2, 0.25) is 0 Å². The highest BCUT2D eigenvalue weighted by atomic mass is 32.8. The summed E-state index contributed by atoms with van der Waals surface area (Å²) in [7, 11) is -4.67. The predicted octanol–water partition coefficient (Wildman–Crippen LogP) is 3.26. The molecule has 1 N–H and O–H groups in total. The SMILES string of the molecule is CCO[Si](OCC)(OCC)C(C)c1ccccc1.O=[S-](O)=S. The molecule has 0 aromatic heterocycles. The van der Waals surface area contributed by atoms with E-state index >= 15 is 0 Å². The highest BCUT2D eigenvalue weighted by Crippen LogP contribution is 2.29. The van der Waals surface area contributed by atoms with Gasteiger partial charge in [0.05, 0.1) is 5.54 Å². The summed E-state index contributed by atoms with van der Waals surface area (Å²) >= 11 is 3.65. The van der Waals surface area contributed by atoms with Gasteiger partial charge in [-0.05, 0) is 26.3 Å². The summed E-state index contributed by atoms with van der Waals surface area (Å²) in [5.41, 5.74) is 1.36. The first-order chi connectivity index (χ1) is 10.4. The van der Waals surface area contributed by atoms with Gasteiger partial charge in [0.25, 0.3) is 0 Å². The van der Waals surface area contributed by atoms with Crippen LogP contribution in [-0.4, -0.2) is 33.2 Å². The molecular formula is C14H25O5S2Si-. The molecule has 0 aliphatic heterocycles. The van der Waals surface area contributed by atoms with Gasteiger partial charge in [0, 0.05) is 19.8 Å². The Hall–Kier alpha value is -0.353. The number of benzene rings is 1. The van der Waals surface area contributed by atoms with E-state index in [-0.39, 0.29) is 5.54 Å². The second-order valence-corrected chi connectivity index (χ2v) is 8.48. The molecular weight excluding hydrogens is 340 g/mol. The summed E-state index contributed by atoms with van der Waals surface area (Å²) in [6.07, 6.45) is 0. The van der Waals surface area contributed by atoms with Gasteiger partial charge in [-0.1, -0.05) is 46.9 Å². The van der Waals surface area contributed by atoms with Crippen molar-refractivity contribution in [2.75, 3.05) is 19.8 Å². The van der Waals surface area contributed by atoms with Crippen molar-refractivity contribution in [3.8, 4) is 0 Å². The predicted molar refractivity (Wildman–Crippen MR) is 93.5 cm³/mol. The zero-order valence-electron chi connectivity index (χ0n) is 13.5. The third kappa shape index (κ3) is 7.77. The fraction of sp³-hybridized carbons (Fsp3) is 0.571. The summed E-state index contributed by atoms with van der Waals surface area (Å²) in [6, 6.07) is 10.3. The molecule has 22 heavy (non-hydrogen) atoms. The lowest BCUT2D eigenvalue weighted by Crippen LogP contribution is -2.51. The van der Waals surface area contributed by atoms with E-state index in [1.807, 2.05) is 39.0 Å². The largest absolute Gasteiger partial charge is 0.508 e. The molecule has 1 atom stereocenters. The standard InChI is InChI=1S/C14H24O3Si.HO2S2/c1-5-15-18(16-6-2,17-7-3)13(4)14-11-9-8-10-12-14;1-4(2)3/h8-13H,5-7H2,1-4H3;(H,1,2,3)/q;-1. The van der Waals surface area contributed by atoms with Crippen LogP contribution in [0.3, 0.4) is 0 Å². The van der Waals surface area contributed by atoms with E-state index in [9.17, 15) is 0 Å². The van der Waals surface area contributed by atoms with Crippen molar-refractivity contribution < 1.29 is 22.0 Å².